The highest BCUT2D eigenvalue weighted by Gasteiger charge is 2.31. The lowest BCUT2D eigenvalue weighted by Gasteiger charge is -2.34. The van der Waals surface area contributed by atoms with Gasteiger partial charge in [-0.3, -0.25) is 9.62 Å². The van der Waals surface area contributed by atoms with Crippen LogP contribution in [0.1, 0.15) is 15.9 Å². The molecular formula is C23H23F3N4O6S2. The Morgan fingerprint density at radius 1 is 1.13 bits per heavy atom. The van der Waals surface area contributed by atoms with Crippen LogP contribution in [0.15, 0.2) is 52.9 Å². The number of carboxylic acid groups (broad SMARTS) is 1. The van der Waals surface area contributed by atoms with Crippen LogP contribution in [-0.2, 0) is 16.6 Å². The Morgan fingerprint density at radius 3 is 2.42 bits per heavy atom. The third-order valence-corrected chi connectivity index (χ3v) is 7.94. The predicted octanol–water partition coefficient (Wildman–Crippen LogP) is 3.87. The van der Waals surface area contributed by atoms with Gasteiger partial charge in [-0.1, -0.05) is 12.1 Å². The number of aromatic nitrogens is 1. The number of hydrogen-bond donors (Lipinski definition) is 2. The van der Waals surface area contributed by atoms with E-state index in [9.17, 15) is 26.4 Å². The van der Waals surface area contributed by atoms with Crippen LogP contribution in [0.3, 0.4) is 0 Å². The molecule has 38 heavy (non-hydrogen) atoms. The highest BCUT2D eigenvalue weighted by Crippen LogP contribution is 2.30. The second-order valence-electron chi connectivity index (χ2n) is 8.25. The van der Waals surface area contributed by atoms with E-state index in [-0.39, 0.29) is 27.8 Å². The van der Waals surface area contributed by atoms with Crippen LogP contribution in [0.5, 0.6) is 11.5 Å². The van der Waals surface area contributed by atoms with E-state index >= 15 is 0 Å². The Hall–Kier alpha value is -3.56. The number of anilines is 2. The molecule has 3 aromatic rings. The van der Waals surface area contributed by atoms with Crippen molar-refractivity contribution in [2.75, 3.05) is 42.9 Å². The van der Waals surface area contributed by atoms with Crippen molar-refractivity contribution in [3.05, 3.63) is 59.0 Å². The molecule has 2 aromatic carbocycles. The fraction of sp³-hybridized carbons (Fsp3) is 0.304. The molecule has 15 heteroatoms. The first-order valence-electron chi connectivity index (χ1n) is 11.2. The third-order valence-electron chi connectivity index (χ3n) is 5.65. The summed E-state index contributed by atoms with van der Waals surface area (Å²) >= 11 is 1.18. The lowest BCUT2D eigenvalue weighted by Crippen LogP contribution is -2.46. The van der Waals surface area contributed by atoms with Crippen LogP contribution in [0.25, 0.3) is 0 Å². The van der Waals surface area contributed by atoms with Gasteiger partial charge in [-0.05, 0) is 35.9 Å². The maximum absolute atomic E-state index is 12.9. The van der Waals surface area contributed by atoms with Gasteiger partial charge >= 0.3 is 12.3 Å². The molecule has 0 atom stereocenters. The largest absolute Gasteiger partial charge is 0.573 e. The molecule has 1 saturated heterocycles. The van der Waals surface area contributed by atoms with Crippen molar-refractivity contribution in [3.63, 3.8) is 0 Å². The molecule has 0 bridgehead atoms. The van der Waals surface area contributed by atoms with Crippen LogP contribution in [-0.4, -0.2) is 69.0 Å². The zero-order valence-corrected chi connectivity index (χ0v) is 21.6. The summed E-state index contributed by atoms with van der Waals surface area (Å²) in [5, 5.41) is 10.9. The first kappa shape index (κ1) is 27.5. The highest BCUT2D eigenvalue weighted by molar-refractivity contribution is 7.92. The molecule has 1 aliphatic rings. The number of halogens is 3. The number of piperazine rings is 1. The number of nitrogens with zero attached hydrogens (tertiary/aromatic N) is 3. The average molecular weight is 573 g/mol. The smallest absolute Gasteiger partial charge is 0.495 e. The van der Waals surface area contributed by atoms with Gasteiger partial charge in [0.15, 0.2) is 10.2 Å². The molecule has 2 N–H and O–H groups in total. The Bertz CT molecular complexity index is 1390. The number of carboxylic acids is 1. The van der Waals surface area contributed by atoms with Crippen LogP contribution < -0.4 is 19.1 Å². The number of hydrogen-bond acceptors (Lipinski definition) is 9. The van der Waals surface area contributed by atoms with Crippen LogP contribution in [0.4, 0.5) is 24.0 Å². The van der Waals surface area contributed by atoms with Gasteiger partial charge in [0.25, 0.3) is 10.0 Å². The maximum Gasteiger partial charge on any atom is 0.573 e. The molecule has 4 rings (SSSR count). The lowest BCUT2D eigenvalue weighted by molar-refractivity contribution is -0.274. The Kier molecular flexibility index (Phi) is 7.99. The summed E-state index contributed by atoms with van der Waals surface area (Å²) in [4.78, 5) is 19.5. The van der Waals surface area contributed by atoms with Crippen molar-refractivity contribution in [3.8, 4) is 11.5 Å². The Morgan fingerprint density at radius 2 is 1.82 bits per heavy atom. The summed E-state index contributed by atoms with van der Waals surface area (Å²) in [5.74, 6) is -1.39. The van der Waals surface area contributed by atoms with Crippen molar-refractivity contribution in [1.82, 2.24) is 9.88 Å². The second kappa shape index (κ2) is 11.0. The summed E-state index contributed by atoms with van der Waals surface area (Å²) in [6, 6.07) is 9.52. The Balaban J connectivity index is 1.35. The van der Waals surface area contributed by atoms with Crippen LogP contribution in [0, 0.1) is 0 Å². The van der Waals surface area contributed by atoms with E-state index in [1.54, 1.807) is 12.1 Å². The lowest BCUT2D eigenvalue weighted by atomic mass is 10.2. The number of rotatable bonds is 9. The van der Waals surface area contributed by atoms with Gasteiger partial charge in [0, 0.05) is 38.1 Å². The van der Waals surface area contributed by atoms with E-state index < -0.39 is 22.4 Å². The predicted molar refractivity (Wildman–Crippen MR) is 133 cm³/mol. The number of carbonyl (C=O) groups is 1. The number of ether oxygens (including phenoxy) is 2. The van der Waals surface area contributed by atoms with Crippen LogP contribution in [0.2, 0.25) is 0 Å². The van der Waals surface area contributed by atoms with Gasteiger partial charge in [-0.2, -0.15) is 8.42 Å². The average Bonchev–Trinajstić information content (AvgIpc) is 3.36. The number of benzene rings is 2. The molecule has 0 unspecified atom stereocenters. The highest BCUT2D eigenvalue weighted by atomic mass is 32.2. The van der Waals surface area contributed by atoms with Gasteiger partial charge in [0.2, 0.25) is 0 Å². The minimum absolute atomic E-state index is 0.0487. The topological polar surface area (TPSA) is 121 Å². The molecule has 0 spiro atoms. The molecule has 2 heterocycles. The normalized spacial score (nSPS) is 14.8. The number of nitrogens with one attached hydrogen (secondary N) is 1. The molecule has 0 aliphatic carbocycles. The summed E-state index contributed by atoms with van der Waals surface area (Å²) in [7, 11) is -2.76. The number of sulfonamides is 1. The quantitative estimate of drug-likeness (QED) is 0.394. The van der Waals surface area contributed by atoms with Crippen molar-refractivity contribution in [1.29, 1.82) is 0 Å². The van der Waals surface area contributed by atoms with E-state index in [2.05, 4.69) is 19.3 Å². The fourth-order valence-corrected chi connectivity index (χ4v) is 6.00. The van der Waals surface area contributed by atoms with E-state index in [4.69, 9.17) is 9.84 Å². The summed E-state index contributed by atoms with van der Waals surface area (Å²) in [6.45, 7) is 3.01. The molecule has 1 aliphatic heterocycles. The minimum atomic E-state index is -4.73. The molecule has 1 aromatic heterocycles. The molecule has 1 fully saturated rings. The maximum atomic E-state index is 12.9. The van der Waals surface area contributed by atoms with Crippen molar-refractivity contribution < 1.29 is 41.0 Å². The van der Waals surface area contributed by atoms with Crippen molar-refractivity contribution >= 4 is 38.1 Å². The zero-order chi connectivity index (χ0) is 27.5. The molecule has 10 nitrogen and oxygen atoms in total. The number of alkyl halides is 3. The number of thiazole rings is 1. The van der Waals surface area contributed by atoms with Crippen molar-refractivity contribution in [2.45, 2.75) is 17.9 Å². The first-order valence-corrected chi connectivity index (χ1v) is 13.5. The van der Waals surface area contributed by atoms with E-state index in [1.165, 1.54) is 54.2 Å². The minimum Gasteiger partial charge on any atom is -0.495 e. The first-order chi connectivity index (χ1) is 17.9. The van der Waals surface area contributed by atoms with Gasteiger partial charge in [0.1, 0.15) is 11.5 Å². The zero-order valence-electron chi connectivity index (χ0n) is 19.9. The molecule has 0 saturated carbocycles. The van der Waals surface area contributed by atoms with Gasteiger partial charge < -0.3 is 19.5 Å². The van der Waals surface area contributed by atoms with E-state index in [0.717, 1.165) is 5.56 Å². The number of aromatic carboxylic acids is 1. The van der Waals surface area contributed by atoms with E-state index in [0.29, 0.717) is 37.9 Å². The SMILES string of the molecule is COc1cc(C(=O)O)ccc1NS(=O)(=O)c1csc(N2CCN(Cc3ccc(OC(F)(F)F)cc3)CC2)n1. The Labute approximate surface area is 220 Å². The number of methoxy groups -OCH3 is 1. The summed E-state index contributed by atoms with van der Waals surface area (Å²) < 4.78 is 74.2. The summed E-state index contributed by atoms with van der Waals surface area (Å²) in [6.07, 6.45) is -4.73. The second-order valence-corrected chi connectivity index (χ2v) is 10.7. The van der Waals surface area contributed by atoms with Gasteiger partial charge in [-0.25, -0.2) is 9.78 Å². The standard InChI is InChI=1S/C23H23F3N4O6S2/c1-35-19-12-16(21(31)32)4-7-18(19)28-38(33,34)20-14-37-22(27-20)30-10-8-29(9-11-30)13-15-2-5-17(6-3-15)36-23(24,25)26/h2-7,12,14,28H,8-11,13H2,1H3,(H,31,32). The fourth-order valence-electron chi connectivity index (χ4n) is 3.78. The summed E-state index contributed by atoms with van der Waals surface area (Å²) in [5.41, 5.74) is 0.875. The third kappa shape index (κ3) is 6.85. The molecule has 0 radical (unpaired) electrons. The van der Waals surface area contributed by atoms with Crippen molar-refractivity contribution in [2.24, 2.45) is 0 Å². The van der Waals surface area contributed by atoms with E-state index in [1.807, 2.05) is 4.90 Å². The molecule has 204 valence electrons. The molecular weight excluding hydrogens is 549 g/mol. The van der Waals surface area contributed by atoms with Gasteiger partial charge in [-0.15, -0.1) is 24.5 Å². The molecule has 0 amide bonds. The van der Waals surface area contributed by atoms with Gasteiger partial charge in [0.05, 0.1) is 18.4 Å². The van der Waals surface area contributed by atoms with Crippen LogP contribution >= 0.6 is 11.3 Å². The monoisotopic (exact) mass is 572 g/mol.